The van der Waals surface area contributed by atoms with Gasteiger partial charge in [0.2, 0.25) is 0 Å². The van der Waals surface area contributed by atoms with Gasteiger partial charge >= 0.3 is 5.97 Å². The van der Waals surface area contributed by atoms with Gasteiger partial charge in [-0.15, -0.1) is 0 Å². The van der Waals surface area contributed by atoms with Gasteiger partial charge in [0, 0.05) is 3.57 Å². The van der Waals surface area contributed by atoms with E-state index in [0.29, 0.717) is 5.75 Å². The van der Waals surface area contributed by atoms with Gasteiger partial charge in [0.25, 0.3) is 10.1 Å². The predicted octanol–water partition coefficient (Wildman–Crippen LogP) is 3.13. The van der Waals surface area contributed by atoms with Gasteiger partial charge in [0.1, 0.15) is 11.5 Å². The Bertz CT molecular complexity index is 818. The van der Waals surface area contributed by atoms with Gasteiger partial charge in [-0.3, -0.25) is 4.55 Å². The first kappa shape index (κ1) is 18.4. The average Bonchev–Trinajstić information content (AvgIpc) is 2.46. The van der Waals surface area contributed by atoms with Crippen molar-refractivity contribution in [3.63, 3.8) is 0 Å². The Morgan fingerprint density at radius 2 is 1.74 bits per heavy atom. The van der Waals surface area contributed by atoms with Crippen LogP contribution in [0.2, 0.25) is 0 Å². The van der Waals surface area contributed by atoms with Crippen LogP contribution in [0.3, 0.4) is 0 Å². The molecule has 23 heavy (non-hydrogen) atoms. The Morgan fingerprint density at radius 3 is 2.30 bits per heavy atom. The summed E-state index contributed by atoms with van der Waals surface area (Å²) in [4.78, 5) is 11.5. The van der Waals surface area contributed by atoms with Crippen molar-refractivity contribution >= 4 is 61.3 Å². The van der Waals surface area contributed by atoms with Crippen LogP contribution in [0, 0.1) is 7.14 Å². The van der Waals surface area contributed by atoms with E-state index in [1.54, 1.807) is 6.07 Å². The average molecular weight is 560 g/mol. The summed E-state index contributed by atoms with van der Waals surface area (Å²) in [6.45, 7) is -0.281. The van der Waals surface area contributed by atoms with Gasteiger partial charge in [-0.05, 0) is 87.6 Å². The van der Waals surface area contributed by atoms with E-state index in [0.717, 1.165) is 19.3 Å². The molecule has 0 atom stereocenters. The molecule has 1 N–H and O–H groups in total. The predicted molar refractivity (Wildman–Crippen MR) is 99.3 cm³/mol. The number of rotatable bonds is 5. The van der Waals surface area contributed by atoms with Crippen LogP contribution in [0.15, 0.2) is 47.4 Å². The molecule has 0 radical (unpaired) electrons. The zero-order valence-corrected chi connectivity index (χ0v) is 16.5. The topological polar surface area (TPSA) is 89.9 Å². The Kier molecular flexibility index (Phi) is 6.22. The highest BCUT2D eigenvalue weighted by Crippen LogP contribution is 2.23. The maximum atomic E-state index is 11.7. The van der Waals surface area contributed by atoms with Gasteiger partial charge in [-0.2, -0.15) is 8.42 Å². The zero-order valence-electron chi connectivity index (χ0n) is 11.4. The normalized spacial score (nSPS) is 11.1. The van der Waals surface area contributed by atoms with Crippen molar-refractivity contribution in [2.75, 3.05) is 6.61 Å². The standard InChI is InChI=1S/C14H10I2O6S/c15-9-1-6-13(12(16)7-9)21-8-14(17)22-10-2-4-11(5-3-10)23(18,19)20/h1-7H,8H2,(H,18,19,20). The van der Waals surface area contributed by atoms with Gasteiger partial charge in [0.05, 0.1) is 8.47 Å². The number of carbonyl (C=O) groups is 1. The number of hydrogen-bond donors (Lipinski definition) is 1. The van der Waals surface area contributed by atoms with Crippen LogP contribution in [-0.4, -0.2) is 25.5 Å². The van der Waals surface area contributed by atoms with Gasteiger partial charge < -0.3 is 9.47 Å². The number of benzene rings is 2. The Labute approximate surface area is 160 Å². The van der Waals surface area contributed by atoms with Gasteiger partial charge in [-0.1, -0.05) is 0 Å². The number of hydrogen-bond acceptors (Lipinski definition) is 5. The minimum Gasteiger partial charge on any atom is -0.481 e. The highest BCUT2D eigenvalue weighted by Gasteiger charge is 2.11. The summed E-state index contributed by atoms with van der Waals surface area (Å²) in [5, 5.41) is 0. The van der Waals surface area contributed by atoms with Crippen molar-refractivity contribution in [1.82, 2.24) is 0 Å². The molecule has 0 aliphatic rings. The smallest absolute Gasteiger partial charge is 0.349 e. The Morgan fingerprint density at radius 1 is 1.09 bits per heavy atom. The second kappa shape index (κ2) is 7.77. The lowest BCUT2D eigenvalue weighted by Crippen LogP contribution is -2.18. The molecule has 0 spiro atoms. The van der Waals surface area contributed by atoms with Crippen molar-refractivity contribution in [3.05, 3.63) is 49.6 Å². The Hall–Kier alpha value is -0.920. The summed E-state index contributed by atoms with van der Waals surface area (Å²) < 4.78 is 43.0. The molecule has 0 amide bonds. The number of esters is 1. The molecule has 0 saturated heterocycles. The van der Waals surface area contributed by atoms with Crippen molar-refractivity contribution < 1.29 is 27.2 Å². The van der Waals surface area contributed by atoms with Crippen molar-refractivity contribution in [2.45, 2.75) is 4.90 Å². The highest BCUT2D eigenvalue weighted by atomic mass is 127. The molecule has 2 aromatic rings. The molecule has 122 valence electrons. The third kappa shape index (κ3) is 5.58. The van der Waals surface area contributed by atoms with E-state index in [9.17, 15) is 13.2 Å². The molecule has 0 aliphatic heterocycles. The van der Waals surface area contributed by atoms with Crippen molar-refractivity contribution in [1.29, 1.82) is 0 Å². The van der Waals surface area contributed by atoms with E-state index in [1.807, 2.05) is 12.1 Å². The molecule has 0 saturated carbocycles. The molecular weight excluding hydrogens is 550 g/mol. The summed E-state index contributed by atoms with van der Waals surface area (Å²) >= 11 is 4.28. The summed E-state index contributed by atoms with van der Waals surface area (Å²) in [5.74, 6) is 0.104. The first-order valence-corrected chi connectivity index (χ1v) is 9.71. The van der Waals surface area contributed by atoms with Crippen LogP contribution in [0.5, 0.6) is 11.5 Å². The second-order valence-electron chi connectivity index (χ2n) is 4.28. The van der Waals surface area contributed by atoms with E-state index in [4.69, 9.17) is 14.0 Å². The monoisotopic (exact) mass is 560 g/mol. The first-order valence-electron chi connectivity index (χ1n) is 6.12. The number of ether oxygens (including phenoxy) is 2. The fourth-order valence-electron chi connectivity index (χ4n) is 1.57. The fourth-order valence-corrected chi connectivity index (χ4v) is 3.81. The molecule has 0 aromatic heterocycles. The van der Waals surface area contributed by atoms with Crippen LogP contribution >= 0.6 is 45.2 Å². The molecule has 0 fully saturated rings. The number of carbonyl (C=O) groups excluding carboxylic acids is 1. The lowest BCUT2D eigenvalue weighted by atomic mass is 10.3. The SMILES string of the molecule is O=C(COc1ccc(I)cc1I)Oc1ccc(S(=O)(=O)O)cc1. The molecule has 0 heterocycles. The summed E-state index contributed by atoms with van der Waals surface area (Å²) in [5.41, 5.74) is 0. The van der Waals surface area contributed by atoms with Crippen molar-refractivity contribution in [3.8, 4) is 11.5 Å². The third-order valence-corrected chi connectivity index (χ3v) is 4.97. The molecule has 9 heteroatoms. The van der Waals surface area contributed by atoms with Gasteiger partial charge in [0.15, 0.2) is 6.61 Å². The van der Waals surface area contributed by atoms with Crippen LogP contribution in [-0.2, 0) is 14.9 Å². The maximum Gasteiger partial charge on any atom is 0.349 e. The zero-order chi connectivity index (χ0) is 17.0. The second-order valence-corrected chi connectivity index (χ2v) is 8.11. The molecule has 2 rings (SSSR count). The fraction of sp³-hybridized carbons (Fsp3) is 0.0714. The van der Waals surface area contributed by atoms with E-state index in [2.05, 4.69) is 45.2 Å². The largest absolute Gasteiger partial charge is 0.481 e. The van der Waals surface area contributed by atoms with E-state index in [1.165, 1.54) is 12.1 Å². The molecular formula is C14H10I2O6S. The van der Waals surface area contributed by atoms with E-state index in [-0.39, 0.29) is 17.3 Å². The molecule has 0 unspecified atom stereocenters. The minimum absolute atomic E-state index is 0.156. The quantitative estimate of drug-likeness (QED) is 0.262. The number of halogens is 2. The summed E-state index contributed by atoms with van der Waals surface area (Å²) in [6, 6.07) is 10.4. The molecule has 0 bridgehead atoms. The van der Waals surface area contributed by atoms with Crippen LogP contribution in [0.1, 0.15) is 0 Å². The first-order chi connectivity index (χ1) is 10.8. The van der Waals surface area contributed by atoms with Crippen molar-refractivity contribution in [2.24, 2.45) is 0 Å². The Balaban J connectivity index is 1.94. The van der Waals surface area contributed by atoms with Crippen LogP contribution in [0.4, 0.5) is 0 Å². The highest BCUT2D eigenvalue weighted by molar-refractivity contribution is 14.1. The lowest BCUT2D eigenvalue weighted by molar-refractivity contribution is -0.136. The third-order valence-electron chi connectivity index (χ3n) is 2.59. The van der Waals surface area contributed by atoms with E-state index >= 15 is 0 Å². The molecule has 6 nitrogen and oxygen atoms in total. The molecule has 2 aromatic carbocycles. The van der Waals surface area contributed by atoms with Crippen LogP contribution in [0.25, 0.3) is 0 Å². The maximum absolute atomic E-state index is 11.7. The van der Waals surface area contributed by atoms with E-state index < -0.39 is 16.1 Å². The summed E-state index contributed by atoms with van der Waals surface area (Å²) in [7, 11) is -4.27. The van der Waals surface area contributed by atoms with Gasteiger partial charge in [-0.25, -0.2) is 4.79 Å². The molecule has 0 aliphatic carbocycles. The lowest BCUT2D eigenvalue weighted by Gasteiger charge is -2.08. The van der Waals surface area contributed by atoms with Crippen LogP contribution < -0.4 is 9.47 Å². The minimum atomic E-state index is -4.27. The summed E-state index contributed by atoms with van der Waals surface area (Å²) in [6.07, 6.45) is 0.